The van der Waals surface area contributed by atoms with Crippen LogP contribution in [0.25, 0.3) is 0 Å². The fraction of sp³-hybridized carbons (Fsp3) is 0.308. The molecule has 0 aliphatic rings. The molecule has 20 heavy (non-hydrogen) atoms. The van der Waals surface area contributed by atoms with Crippen molar-refractivity contribution in [2.75, 3.05) is 12.4 Å². The second-order valence-corrected chi connectivity index (χ2v) is 4.16. The largest absolute Gasteiger partial charge is 0.497 e. The van der Waals surface area contributed by atoms with Crippen molar-refractivity contribution in [3.05, 3.63) is 35.7 Å². The molecule has 6 nitrogen and oxygen atoms in total. The number of halogens is 1. The summed E-state index contributed by atoms with van der Waals surface area (Å²) in [5.74, 6) is -0.0676. The SMILES string of the molecule is CCCc1nc(C(=O)Nc2cc(OC)ccc2F)n[nH]1. The summed E-state index contributed by atoms with van der Waals surface area (Å²) < 4.78 is 18.6. The summed E-state index contributed by atoms with van der Waals surface area (Å²) in [4.78, 5) is 16.0. The lowest BCUT2D eigenvalue weighted by atomic mass is 10.3. The predicted octanol–water partition coefficient (Wildman–Crippen LogP) is 2.16. The highest BCUT2D eigenvalue weighted by Gasteiger charge is 2.15. The van der Waals surface area contributed by atoms with Crippen molar-refractivity contribution in [2.24, 2.45) is 0 Å². The Morgan fingerprint density at radius 3 is 3.00 bits per heavy atom. The number of H-pyrrole nitrogens is 1. The van der Waals surface area contributed by atoms with E-state index >= 15 is 0 Å². The molecule has 106 valence electrons. The highest BCUT2D eigenvalue weighted by molar-refractivity contribution is 6.01. The summed E-state index contributed by atoms with van der Waals surface area (Å²) in [5, 5.41) is 8.89. The molecule has 7 heteroatoms. The number of aryl methyl sites for hydroxylation is 1. The van der Waals surface area contributed by atoms with Gasteiger partial charge in [-0.3, -0.25) is 9.89 Å². The summed E-state index contributed by atoms with van der Waals surface area (Å²) in [5.41, 5.74) is 0.0243. The Morgan fingerprint density at radius 2 is 2.30 bits per heavy atom. The van der Waals surface area contributed by atoms with Crippen LogP contribution in [0, 0.1) is 5.82 Å². The number of aromatic nitrogens is 3. The van der Waals surface area contributed by atoms with Crippen LogP contribution in [0.2, 0.25) is 0 Å². The van der Waals surface area contributed by atoms with E-state index in [1.165, 1.54) is 25.3 Å². The van der Waals surface area contributed by atoms with E-state index in [0.29, 0.717) is 18.0 Å². The van der Waals surface area contributed by atoms with E-state index in [1.807, 2.05) is 6.92 Å². The normalized spacial score (nSPS) is 10.3. The van der Waals surface area contributed by atoms with E-state index in [-0.39, 0.29) is 11.5 Å². The number of benzene rings is 1. The van der Waals surface area contributed by atoms with Gasteiger partial charge in [0, 0.05) is 12.5 Å². The average molecular weight is 278 g/mol. The number of carbonyl (C=O) groups excluding carboxylic acids is 1. The van der Waals surface area contributed by atoms with Crippen molar-refractivity contribution < 1.29 is 13.9 Å². The molecule has 0 saturated carbocycles. The van der Waals surface area contributed by atoms with E-state index in [0.717, 1.165) is 6.42 Å². The van der Waals surface area contributed by atoms with E-state index in [1.54, 1.807) is 0 Å². The number of carbonyl (C=O) groups is 1. The maximum absolute atomic E-state index is 13.6. The Balaban J connectivity index is 2.14. The molecule has 2 rings (SSSR count). The molecular weight excluding hydrogens is 263 g/mol. The van der Waals surface area contributed by atoms with Crippen LogP contribution in [-0.4, -0.2) is 28.2 Å². The van der Waals surface area contributed by atoms with Gasteiger partial charge in [-0.1, -0.05) is 6.92 Å². The Labute approximate surface area is 115 Å². The maximum Gasteiger partial charge on any atom is 0.295 e. The zero-order valence-corrected chi connectivity index (χ0v) is 11.2. The molecule has 1 aromatic carbocycles. The summed E-state index contributed by atoms with van der Waals surface area (Å²) in [7, 11) is 1.46. The highest BCUT2D eigenvalue weighted by atomic mass is 19.1. The number of hydrogen-bond donors (Lipinski definition) is 2. The minimum absolute atomic E-state index is 0.0179. The second kappa shape index (κ2) is 6.14. The Morgan fingerprint density at radius 1 is 1.50 bits per heavy atom. The minimum atomic E-state index is -0.573. The standard InChI is InChI=1S/C13H15FN4O2/c1-3-4-11-16-12(18-17-11)13(19)15-10-7-8(20-2)5-6-9(10)14/h5-7H,3-4H2,1-2H3,(H,15,19)(H,16,17,18). The smallest absolute Gasteiger partial charge is 0.295 e. The number of nitrogens with zero attached hydrogens (tertiary/aromatic N) is 2. The van der Waals surface area contributed by atoms with Crippen molar-refractivity contribution in [3.8, 4) is 5.75 Å². The Bertz CT molecular complexity index is 612. The molecule has 1 amide bonds. The fourth-order valence-electron chi connectivity index (χ4n) is 1.65. The Hall–Kier alpha value is -2.44. The van der Waals surface area contributed by atoms with E-state index in [2.05, 4.69) is 20.5 Å². The lowest BCUT2D eigenvalue weighted by molar-refractivity contribution is 0.101. The number of methoxy groups -OCH3 is 1. The highest BCUT2D eigenvalue weighted by Crippen LogP contribution is 2.21. The first-order valence-electron chi connectivity index (χ1n) is 6.20. The van der Waals surface area contributed by atoms with Crippen LogP contribution in [0.1, 0.15) is 29.8 Å². The van der Waals surface area contributed by atoms with Crippen molar-refractivity contribution in [1.29, 1.82) is 0 Å². The van der Waals surface area contributed by atoms with Crippen LogP contribution in [0.15, 0.2) is 18.2 Å². The van der Waals surface area contributed by atoms with Crippen LogP contribution >= 0.6 is 0 Å². The maximum atomic E-state index is 13.6. The molecule has 0 unspecified atom stereocenters. The number of anilines is 1. The lowest BCUT2D eigenvalue weighted by Crippen LogP contribution is -2.15. The average Bonchev–Trinajstić information content (AvgIpc) is 2.90. The molecule has 0 aliphatic carbocycles. The molecule has 0 saturated heterocycles. The molecule has 0 aliphatic heterocycles. The van der Waals surface area contributed by atoms with Crippen LogP contribution in [0.4, 0.5) is 10.1 Å². The molecule has 1 aromatic heterocycles. The summed E-state index contributed by atoms with van der Waals surface area (Å²) >= 11 is 0. The third kappa shape index (κ3) is 3.11. The molecule has 1 heterocycles. The van der Waals surface area contributed by atoms with Crippen molar-refractivity contribution in [1.82, 2.24) is 15.2 Å². The first kappa shape index (κ1) is 14.0. The number of aromatic amines is 1. The third-order valence-corrected chi connectivity index (χ3v) is 2.64. The molecule has 2 N–H and O–H groups in total. The van der Waals surface area contributed by atoms with Crippen LogP contribution in [-0.2, 0) is 6.42 Å². The molecule has 0 spiro atoms. The van der Waals surface area contributed by atoms with Crippen molar-refractivity contribution in [3.63, 3.8) is 0 Å². The van der Waals surface area contributed by atoms with Crippen LogP contribution < -0.4 is 10.1 Å². The van der Waals surface area contributed by atoms with Gasteiger partial charge >= 0.3 is 0 Å². The minimum Gasteiger partial charge on any atom is -0.497 e. The Kier molecular flexibility index (Phi) is 4.29. The molecule has 0 fully saturated rings. The first-order chi connectivity index (χ1) is 9.63. The topological polar surface area (TPSA) is 79.9 Å². The van der Waals surface area contributed by atoms with Crippen molar-refractivity contribution >= 4 is 11.6 Å². The summed E-state index contributed by atoms with van der Waals surface area (Å²) in [6, 6.07) is 4.08. The third-order valence-electron chi connectivity index (χ3n) is 2.64. The molecular formula is C13H15FN4O2. The quantitative estimate of drug-likeness (QED) is 0.878. The van der Waals surface area contributed by atoms with Gasteiger partial charge in [-0.15, -0.1) is 5.10 Å². The van der Waals surface area contributed by atoms with E-state index in [9.17, 15) is 9.18 Å². The summed E-state index contributed by atoms with van der Waals surface area (Å²) in [6.45, 7) is 1.99. The van der Waals surface area contributed by atoms with Crippen LogP contribution in [0.5, 0.6) is 5.75 Å². The van der Waals surface area contributed by atoms with Gasteiger partial charge in [0.2, 0.25) is 5.82 Å². The zero-order valence-electron chi connectivity index (χ0n) is 11.2. The number of nitrogens with one attached hydrogen (secondary N) is 2. The molecule has 2 aromatic rings. The van der Waals surface area contributed by atoms with Gasteiger partial charge < -0.3 is 10.1 Å². The van der Waals surface area contributed by atoms with Gasteiger partial charge in [0.1, 0.15) is 17.4 Å². The monoisotopic (exact) mass is 278 g/mol. The number of rotatable bonds is 5. The van der Waals surface area contributed by atoms with Crippen molar-refractivity contribution in [2.45, 2.75) is 19.8 Å². The molecule has 0 bridgehead atoms. The van der Waals surface area contributed by atoms with Crippen LogP contribution in [0.3, 0.4) is 0 Å². The second-order valence-electron chi connectivity index (χ2n) is 4.16. The van der Waals surface area contributed by atoms with Gasteiger partial charge in [0.15, 0.2) is 0 Å². The van der Waals surface area contributed by atoms with Gasteiger partial charge in [0.25, 0.3) is 5.91 Å². The summed E-state index contributed by atoms with van der Waals surface area (Å²) in [6.07, 6.45) is 1.59. The number of hydrogen-bond acceptors (Lipinski definition) is 4. The molecule has 0 radical (unpaired) electrons. The van der Waals surface area contributed by atoms with Gasteiger partial charge in [0.05, 0.1) is 12.8 Å². The van der Waals surface area contributed by atoms with E-state index in [4.69, 9.17) is 4.74 Å². The van der Waals surface area contributed by atoms with Gasteiger partial charge in [-0.05, 0) is 18.6 Å². The predicted molar refractivity (Wildman–Crippen MR) is 71.3 cm³/mol. The fourth-order valence-corrected chi connectivity index (χ4v) is 1.65. The number of amides is 1. The number of ether oxygens (including phenoxy) is 1. The molecule has 0 atom stereocenters. The zero-order chi connectivity index (χ0) is 14.5. The lowest BCUT2D eigenvalue weighted by Gasteiger charge is -2.06. The van der Waals surface area contributed by atoms with Gasteiger partial charge in [-0.25, -0.2) is 9.37 Å². The first-order valence-corrected chi connectivity index (χ1v) is 6.20. The van der Waals surface area contributed by atoms with E-state index < -0.39 is 11.7 Å². The van der Waals surface area contributed by atoms with Gasteiger partial charge in [-0.2, -0.15) is 0 Å².